The average Bonchev–Trinajstić information content (AvgIpc) is 2.40. The molecule has 3 unspecified atom stereocenters. The van der Waals surface area contributed by atoms with Crippen LogP contribution in [0, 0.1) is 5.92 Å². The lowest BCUT2D eigenvalue weighted by Gasteiger charge is -2.43. The molecular weight excluding hydrogens is 226 g/mol. The molecule has 0 bridgehead atoms. The molecule has 0 aromatic carbocycles. The van der Waals surface area contributed by atoms with Crippen LogP contribution in [0.25, 0.3) is 0 Å². The zero-order chi connectivity index (χ0) is 13.0. The Morgan fingerprint density at radius 3 is 2.61 bits per heavy atom. The second-order valence-corrected chi connectivity index (χ2v) is 5.92. The van der Waals surface area contributed by atoms with Gasteiger partial charge in [0, 0.05) is 24.9 Å². The van der Waals surface area contributed by atoms with Crippen molar-refractivity contribution >= 4 is 5.91 Å². The lowest BCUT2D eigenvalue weighted by molar-refractivity contribution is -0.138. The first-order valence-electron chi connectivity index (χ1n) is 7.71. The van der Waals surface area contributed by atoms with Crippen LogP contribution in [0.4, 0.5) is 0 Å². The van der Waals surface area contributed by atoms with Gasteiger partial charge in [0.25, 0.3) is 0 Å². The molecule has 1 N–H and O–H groups in total. The number of carbonyl (C=O) groups excluding carboxylic acids is 1. The summed E-state index contributed by atoms with van der Waals surface area (Å²) in [4.78, 5) is 14.3. The van der Waals surface area contributed by atoms with Gasteiger partial charge in [-0.15, -0.1) is 0 Å². The lowest BCUT2D eigenvalue weighted by atomic mass is 9.78. The smallest absolute Gasteiger partial charge is 0.222 e. The maximum absolute atomic E-state index is 12.2. The van der Waals surface area contributed by atoms with Crippen LogP contribution in [0.15, 0.2) is 0 Å². The number of piperidine rings is 1. The fourth-order valence-electron chi connectivity index (χ4n) is 3.66. The summed E-state index contributed by atoms with van der Waals surface area (Å²) >= 11 is 0. The Balaban J connectivity index is 2.04. The van der Waals surface area contributed by atoms with Crippen LogP contribution in [0.1, 0.15) is 64.7 Å². The number of hydrogen-bond acceptors (Lipinski definition) is 2. The maximum atomic E-state index is 12.2. The molecular formula is C15H27NO2. The standard InChI is InChI=1S/C15H27NO2/c1-2-7-15(18)16-11-6-5-9-13(16)12-8-3-4-10-14(12)17/h12-14,17H,2-11H2,1H3. The molecule has 3 atom stereocenters. The van der Waals surface area contributed by atoms with Crippen molar-refractivity contribution in [2.45, 2.75) is 76.9 Å². The van der Waals surface area contributed by atoms with Gasteiger partial charge in [-0.25, -0.2) is 0 Å². The van der Waals surface area contributed by atoms with Gasteiger partial charge in [0.1, 0.15) is 0 Å². The molecule has 0 aromatic rings. The minimum atomic E-state index is -0.182. The average molecular weight is 253 g/mol. The summed E-state index contributed by atoms with van der Waals surface area (Å²) in [6.45, 7) is 2.97. The van der Waals surface area contributed by atoms with E-state index in [9.17, 15) is 9.90 Å². The number of aliphatic hydroxyl groups is 1. The van der Waals surface area contributed by atoms with E-state index >= 15 is 0 Å². The largest absolute Gasteiger partial charge is 0.393 e. The van der Waals surface area contributed by atoms with E-state index in [0.717, 1.165) is 45.1 Å². The highest BCUT2D eigenvalue weighted by molar-refractivity contribution is 5.76. The Morgan fingerprint density at radius 1 is 1.17 bits per heavy atom. The van der Waals surface area contributed by atoms with Gasteiger partial charge in [-0.2, -0.15) is 0 Å². The van der Waals surface area contributed by atoms with Crippen LogP contribution in [-0.2, 0) is 4.79 Å². The molecule has 3 heteroatoms. The quantitative estimate of drug-likeness (QED) is 0.840. The summed E-state index contributed by atoms with van der Waals surface area (Å²) in [6.07, 6.45) is 9.24. The normalized spacial score (nSPS) is 33.4. The first-order chi connectivity index (χ1) is 8.74. The SMILES string of the molecule is CCCC(=O)N1CCCCC1C1CCCCC1O. The van der Waals surface area contributed by atoms with Gasteiger partial charge >= 0.3 is 0 Å². The summed E-state index contributed by atoms with van der Waals surface area (Å²) in [7, 11) is 0. The second-order valence-electron chi connectivity index (χ2n) is 5.92. The highest BCUT2D eigenvalue weighted by Gasteiger charge is 2.37. The van der Waals surface area contributed by atoms with E-state index in [4.69, 9.17) is 0 Å². The summed E-state index contributed by atoms with van der Waals surface area (Å²) in [5.41, 5.74) is 0. The highest BCUT2D eigenvalue weighted by Crippen LogP contribution is 2.34. The fourth-order valence-corrected chi connectivity index (χ4v) is 3.66. The van der Waals surface area contributed by atoms with E-state index in [0.29, 0.717) is 24.3 Å². The van der Waals surface area contributed by atoms with Crippen molar-refractivity contribution in [1.82, 2.24) is 4.90 Å². The molecule has 0 radical (unpaired) electrons. The third-order valence-electron chi connectivity index (χ3n) is 4.61. The van der Waals surface area contributed by atoms with E-state index in [-0.39, 0.29) is 6.10 Å². The third-order valence-corrected chi connectivity index (χ3v) is 4.61. The monoisotopic (exact) mass is 253 g/mol. The van der Waals surface area contributed by atoms with Gasteiger partial charge in [-0.1, -0.05) is 19.8 Å². The van der Waals surface area contributed by atoms with Crippen LogP contribution >= 0.6 is 0 Å². The van der Waals surface area contributed by atoms with Crippen LogP contribution in [0.3, 0.4) is 0 Å². The Labute approximate surface area is 111 Å². The molecule has 1 saturated carbocycles. The summed E-state index contributed by atoms with van der Waals surface area (Å²) in [5.74, 6) is 0.639. The van der Waals surface area contributed by atoms with Crippen LogP contribution in [0.2, 0.25) is 0 Å². The van der Waals surface area contributed by atoms with Crippen molar-refractivity contribution in [1.29, 1.82) is 0 Å². The molecule has 18 heavy (non-hydrogen) atoms. The number of rotatable bonds is 3. The van der Waals surface area contributed by atoms with Crippen molar-refractivity contribution in [2.24, 2.45) is 5.92 Å². The zero-order valence-corrected chi connectivity index (χ0v) is 11.6. The fraction of sp³-hybridized carbons (Fsp3) is 0.933. The van der Waals surface area contributed by atoms with Crippen molar-refractivity contribution in [2.75, 3.05) is 6.54 Å². The number of amides is 1. The molecule has 1 aliphatic heterocycles. The summed E-state index contributed by atoms with van der Waals surface area (Å²) in [5, 5.41) is 10.2. The highest BCUT2D eigenvalue weighted by atomic mass is 16.3. The van der Waals surface area contributed by atoms with Crippen LogP contribution in [0.5, 0.6) is 0 Å². The second kappa shape index (κ2) is 6.55. The minimum absolute atomic E-state index is 0.182. The molecule has 1 amide bonds. The lowest BCUT2D eigenvalue weighted by Crippen LogP contribution is -2.51. The third kappa shape index (κ3) is 3.05. The Kier molecular flexibility index (Phi) is 5.04. The molecule has 0 aromatic heterocycles. The molecule has 1 heterocycles. The predicted molar refractivity (Wildman–Crippen MR) is 72.2 cm³/mol. The van der Waals surface area contributed by atoms with Gasteiger partial charge in [0.05, 0.1) is 6.10 Å². The molecule has 104 valence electrons. The molecule has 2 aliphatic rings. The molecule has 3 nitrogen and oxygen atoms in total. The van der Waals surface area contributed by atoms with E-state index in [1.165, 1.54) is 12.8 Å². The van der Waals surface area contributed by atoms with Gasteiger partial charge in [-0.05, 0) is 38.5 Å². The molecule has 1 aliphatic carbocycles. The summed E-state index contributed by atoms with van der Waals surface area (Å²) in [6, 6.07) is 0.313. The molecule has 0 spiro atoms. The number of nitrogens with zero attached hydrogens (tertiary/aromatic N) is 1. The van der Waals surface area contributed by atoms with E-state index < -0.39 is 0 Å². The van der Waals surface area contributed by atoms with Gasteiger partial charge in [0.15, 0.2) is 0 Å². The molecule has 2 fully saturated rings. The number of hydrogen-bond donors (Lipinski definition) is 1. The van der Waals surface area contributed by atoms with Crippen molar-refractivity contribution in [3.63, 3.8) is 0 Å². The Morgan fingerprint density at radius 2 is 1.89 bits per heavy atom. The maximum Gasteiger partial charge on any atom is 0.222 e. The topological polar surface area (TPSA) is 40.5 Å². The van der Waals surface area contributed by atoms with Crippen molar-refractivity contribution in [3.8, 4) is 0 Å². The first-order valence-corrected chi connectivity index (χ1v) is 7.71. The number of likely N-dealkylation sites (tertiary alicyclic amines) is 1. The van der Waals surface area contributed by atoms with Gasteiger partial charge in [0.2, 0.25) is 5.91 Å². The number of aliphatic hydroxyl groups excluding tert-OH is 1. The Hall–Kier alpha value is -0.570. The predicted octanol–water partition coefficient (Wildman–Crippen LogP) is 2.72. The molecule has 1 saturated heterocycles. The van der Waals surface area contributed by atoms with Crippen molar-refractivity contribution in [3.05, 3.63) is 0 Å². The Bertz CT molecular complexity index is 280. The van der Waals surface area contributed by atoms with Gasteiger partial charge < -0.3 is 10.0 Å². The van der Waals surface area contributed by atoms with E-state index in [1.807, 2.05) is 0 Å². The van der Waals surface area contributed by atoms with Crippen LogP contribution < -0.4 is 0 Å². The first kappa shape index (κ1) is 13.9. The zero-order valence-electron chi connectivity index (χ0n) is 11.6. The van der Waals surface area contributed by atoms with Crippen molar-refractivity contribution < 1.29 is 9.90 Å². The van der Waals surface area contributed by atoms with E-state index in [1.54, 1.807) is 0 Å². The van der Waals surface area contributed by atoms with Gasteiger partial charge in [-0.3, -0.25) is 4.79 Å². The summed E-state index contributed by atoms with van der Waals surface area (Å²) < 4.78 is 0. The minimum Gasteiger partial charge on any atom is -0.393 e. The van der Waals surface area contributed by atoms with Crippen LogP contribution in [-0.4, -0.2) is 34.6 Å². The molecule has 2 rings (SSSR count). The van der Waals surface area contributed by atoms with E-state index in [2.05, 4.69) is 11.8 Å². The number of carbonyl (C=O) groups is 1.